The summed E-state index contributed by atoms with van der Waals surface area (Å²) in [6.45, 7) is 8.88. The number of hydrogen-bond donors (Lipinski definition) is 1. The average molecular weight is 433 g/mol. The van der Waals surface area contributed by atoms with E-state index in [2.05, 4.69) is 5.32 Å². The lowest BCUT2D eigenvalue weighted by atomic mass is 10.1. The molecule has 0 radical (unpaired) electrons. The highest BCUT2D eigenvalue weighted by atomic mass is 32.2. The predicted molar refractivity (Wildman–Crippen MR) is 119 cm³/mol. The number of amides is 2. The molecule has 1 N–H and O–H groups in total. The third kappa shape index (κ3) is 7.15. The van der Waals surface area contributed by atoms with E-state index in [1.165, 1.54) is 6.26 Å². The summed E-state index contributed by atoms with van der Waals surface area (Å²) in [5.74, 6) is 0. The van der Waals surface area contributed by atoms with E-state index in [1.54, 1.807) is 36.2 Å². The third-order valence-electron chi connectivity index (χ3n) is 4.80. The largest absolute Gasteiger partial charge is 0.371 e. The molecule has 6 nitrogen and oxygen atoms in total. The van der Waals surface area contributed by atoms with Crippen molar-refractivity contribution in [1.82, 2.24) is 10.2 Å². The smallest absolute Gasteiger partial charge is 0.317 e. The van der Waals surface area contributed by atoms with E-state index >= 15 is 0 Å². The minimum atomic E-state index is -3.24. The number of carbonyl (C=O) groups excluding carboxylic acids is 1. The summed E-state index contributed by atoms with van der Waals surface area (Å²) in [5, 5.41) is 2.93. The molecule has 7 heteroatoms. The van der Waals surface area contributed by atoms with E-state index in [0.29, 0.717) is 13.2 Å². The second kappa shape index (κ2) is 9.62. The van der Waals surface area contributed by atoms with Crippen LogP contribution in [0.1, 0.15) is 50.4 Å². The van der Waals surface area contributed by atoms with Gasteiger partial charge in [-0.2, -0.15) is 0 Å². The number of benzene rings is 2. The zero-order chi connectivity index (χ0) is 22.5. The SMILES string of the molecule is CC(c1ccc(S(C)(=O)=O)cc1)N(C)C(=O)NCc1cccc(COC(C)(C)C)c1. The van der Waals surface area contributed by atoms with E-state index in [1.807, 2.05) is 52.0 Å². The van der Waals surface area contributed by atoms with Crippen LogP contribution in [0, 0.1) is 0 Å². The number of sulfone groups is 1. The Balaban J connectivity index is 1.95. The van der Waals surface area contributed by atoms with Gasteiger partial charge in [0.05, 0.1) is 23.1 Å². The van der Waals surface area contributed by atoms with Gasteiger partial charge in [0.2, 0.25) is 0 Å². The molecule has 164 valence electrons. The van der Waals surface area contributed by atoms with Gasteiger partial charge in [0, 0.05) is 19.8 Å². The number of rotatable bonds is 7. The number of carbonyl (C=O) groups is 1. The molecule has 1 unspecified atom stereocenters. The summed E-state index contributed by atoms with van der Waals surface area (Å²) >= 11 is 0. The highest BCUT2D eigenvalue weighted by Crippen LogP contribution is 2.21. The van der Waals surface area contributed by atoms with Crippen molar-refractivity contribution in [3.8, 4) is 0 Å². The molecule has 0 saturated carbocycles. The second-order valence-corrected chi connectivity index (χ2v) is 10.5. The van der Waals surface area contributed by atoms with Crippen molar-refractivity contribution in [2.24, 2.45) is 0 Å². The first-order chi connectivity index (χ1) is 13.9. The van der Waals surface area contributed by atoms with Crippen molar-refractivity contribution in [2.45, 2.75) is 57.4 Å². The quantitative estimate of drug-likeness (QED) is 0.707. The summed E-state index contributed by atoms with van der Waals surface area (Å²) in [6.07, 6.45) is 1.18. The van der Waals surface area contributed by atoms with Gasteiger partial charge in [-0.05, 0) is 56.5 Å². The zero-order valence-electron chi connectivity index (χ0n) is 18.6. The van der Waals surface area contributed by atoms with Gasteiger partial charge in [-0.25, -0.2) is 13.2 Å². The molecule has 2 aromatic rings. The molecule has 30 heavy (non-hydrogen) atoms. The standard InChI is InChI=1S/C23H32N2O4S/c1-17(20-10-12-21(13-11-20)30(6,27)28)25(5)22(26)24-15-18-8-7-9-19(14-18)16-29-23(2,3)4/h7-14,17H,15-16H2,1-6H3,(H,24,26). The van der Waals surface area contributed by atoms with Crippen LogP contribution in [0.3, 0.4) is 0 Å². The van der Waals surface area contributed by atoms with Crippen molar-refractivity contribution in [3.05, 3.63) is 65.2 Å². The number of ether oxygens (including phenoxy) is 1. The highest BCUT2D eigenvalue weighted by molar-refractivity contribution is 7.90. The fourth-order valence-electron chi connectivity index (χ4n) is 2.82. The van der Waals surface area contributed by atoms with Gasteiger partial charge in [-0.3, -0.25) is 0 Å². The topological polar surface area (TPSA) is 75.7 Å². The lowest BCUT2D eigenvalue weighted by Gasteiger charge is -2.26. The Morgan fingerprint density at radius 2 is 1.70 bits per heavy atom. The van der Waals surface area contributed by atoms with E-state index < -0.39 is 9.84 Å². The van der Waals surface area contributed by atoms with Crippen molar-refractivity contribution in [3.63, 3.8) is 0 Å². The Labute approximate surface area is 180 Å². The number of nitrogens with zero attached hydrogens (tertiary/aromatic N) is 1. The van der Waals surface area contributed by atoms with Crippen LogP contribution in [-0.4, -0.2) is 38.3 Å². The molecule has 0 aliphatic carbocycles. The normalized spacial score (nSPS) is 13.0. The van der Waals surface area contributed by atoms with Crippen LogP contribution >= 0.6 is 0 Å². The Morgan fingerprint density at radius 1 is 1.10 bits per heavy atom. The maximum atomic E-state index is 12.6. The lowest BCUT2D eigenvalue weighted by molar-refractivity contribution is -0.0149. The van der Waals surface area contributed by atoms with Gasteiger partial charge < -0.3 is 15.0 Å². The van der Waals surface area contributed by atoms with E-state index in [-0.39, 0.29) is 22.6 Å². The zero-order valence-corrected chi connectivity index (χ0v) is 19.4. The van der Waals surface area contributed by atoms with Crippen molar-refractivity contribution in [1.29, 1.82) is 0 Å². The van der Waals surface area contributed by atoms with Crippen LogP contribution in [0.2, 0.25) is 0 Å². The summed E-state index contributed by atoms with van der Waals surface area (Å²) in [5.41, 5.74) is 2.71. The van der Waals surface area contributed by atoms with Gasteiger partial charge >= 0.3 is 6.03 Å². The molecule has 1 atom stereocenters. The van der Waals surface area contributed by atoms with E-state index in [9.17, 15) is 13.2 Å². The molecule has 2 rings (SSSR count). The summed E-state index contributed by atoms with van der Waals surface area (Å²) in [6, 6.07) is 14.2. The van der Waals surface area contributed by atoms with Crippen LogP contribution in [0.4, 0.5) is 4.79 Å². The minimum absolute atomic E-state index is 0.203. The maximum Gasteiger partial charge on any atom is 0.317 e. The monoisotopic (exact) mass is 432 g/mol. The third-order valence-corrected chi connectivity index (χ3v) is 5.93. The first-order valence-electron chi connectivity index (χ1n) is 9.89. The van der Waals surface area contributed by atoms with Crippen LogP contribution in [0.5, 0.6) is 0 Å². The second-order valence-electron chi connectivity index (χ2n) is 8.51. The number of nitrogens with one attached hydrogen (secondary N) is 1. The Bertz CT molecular complexity index is 963. The van der Waals surface area contributed by atoms with Gasteiger partial charge in [0.1, 0.15) is 0 Å². The summed E-state index contributed by atoms with van der Waals surface area (Å²) in [7, 11) is -1.52. The Hall–Kier alpha value is -2.38. The van der Waals surface area contributed by atoms with Crippen LogP contribution in [0.15, 0.2) is 53.4 Å². The first-order valence-corrected chi connectivity index (χ1v) is 11.8. The molecule has 2 aromatic carbocycles. The van der Waals surface area contributed by atoms with Gasteiger partial charge in [-0.15, -0.1) is 0 Å². The van der Waals surface area contributed by atoms with Gasteiger partial charge in [-0.1, -0.05) is 36.4 Å². The summed E-state index contributed by atoms with van der Waals surface area (Å²) < 4.78 is 29.0. The fourth-order valence-corrected chi connectivity index (χ4v) is 3.46. The molecule has 2 amide bonds. The molecule has 0 spiro atoms. The van der Waals surface area contributed by atoms with Gasteiger partial charge in [0.25, 0.3) is 0 Å². The molecular formula is C23H32N2O4S. The van der Waals surface area contributed by atoms with E-state index in [4.69, 9.17) is 4.74 Å². The average Bonchev–Trinajstić information content (AvgIpc) is 2.68. The molecule has 0 heterocycles. The lowest BCUT2D eigenvalue weighted by Crippen LogP contribution is -2.38. The number of hydrogen-bond acceptors (Lipinski definition) is 4. The summed E-state index contributed by atoms with van der Waals surface area (Å²) in [4.78, 5) is 14.5. The molecule has 0 aliphatic rings. The predicted octanol–water partition coefficient (Wildman–Crippen LogP) is 4.31. The minimum Gasteiger partial charge on any atom is -0.371 e. The molecule has 0 saturated heterocycles. The van der Waals surface area contributed by atoms with Crippen molar-refractivity contribution in [2.75, 3.05) is 13.3 Å². The highest BCUT2D eigenvalue weighted by Gasteiger charge is 2.18. The molecule has 0 aliphatic heterocycles. The molecule has 0 aromatic heterocycles. The van der Waals surface area contributed by atoms with Crippen LogP contribution < -0.4 is 5.32 Å². The van der Waals surface area contributed by atoms with Gasteiger partial charge in [0.15, 0.2) is 9.84 Å². The Kier molecular flexibility index (Phi) is 7.66. The molecule has 0 fully saturated rings. The first kappa shape index (κ1) is 23.9. The number of urea groups is 1. The van der Waals surface area contributed by atoms with Crippen LogP contribution in [-0.2, 0) is 27.7 Å². The Morgan fingerprint density at radius 3 is 2.27 bits per heavy atom. The van der Waals surface area contributed by atoms with Crippen molar-refractivity contribution < 1.29 is 17.9 Å². The fraction of sp³-hybridized carbons (Fsp3) is 0.435. The maximum absolute atomic E-state index is 12.6. The van der Waals surface area contributed by atoms with E-state index in [0.717, 1.165) is 16.7 Å². The van der Waals surface area contributed by atoms with Crippen LogP contribution in [0.25, 0.3) is 0 Å². The molecular weight excluding hydrogens is 400 g/mol. The molecule has 0 bridgehead atoms. The van der Waals surface area contributed by atoms with Crippen molar-refractivity contribution >= 4 is 15.9 Å².